The summed E-state index contributed by atoms with van der Waals surface area (Å²) >= 11 is 0. The van der Waals surface area contributed by atoms with Gasteiger partial charge in [-0.15, -0.1) is 0 Å². The second kappa shape index (κ2) is 11.5. The number of hydrogen-bond donors (Lipinski definition) is 1. The van der Waals surface area contributed by atoms with Crippen molar-refractivity contribution in [2.45, 2.75) is 26.9 Å². The summed E-state index contributed by atoms with van der Waals surface area (Å²) in [7, 11) is -0.937. The monoisotopic (exact) mass is 443 g/mol. The van der Waals surface area contributed by atoms with Crippen LogP contribution in [0.15, 0.2) is 96.7 Å². The first-order chi connectivity index (χ1) is 14.9. The zero-order valence-corrected chi connectivity index (χ0v) is 18.5. The summed E-state index contributed by atoms with van der Waals surface area (Å²) < 4.78 is 37.7. The summed E-state index contributed by atoms with van der Waals surface area (Å²) in [4.78, 5) is 11.3. The van der Waals surface area contributed by atoms with Crippen LogP contribution in [0.25, 0.3) is 0 Å². The molecule has 0 saturated heterocycles. The molecular weight excluding hydrogens is 418 g/mol. The van der Waals surface area contributed by atoms with Gasteiger partial charge in [-0.25, -0.2) is 0 Å². The molecule has 0 aliphatic rings. The summed E-state index contributed by atoms with van der Waals surface area (Å²) in [6.07, 6.45) is -4.30. The second-order valence-electron chi connectivity index (χ2n) is 6.34. The van der Waals surface area contributed by atoms with Gasteiger partial charge in [0.2, 0.25) is 0 Å². The van der Waals surface area contributed by atoms with Crippen LogP contribution in [0, 0.1) is 0 Å². The first-order valence-electron chi connectivity index (χ1n) is 9.92. The molecule has 1 N–H and O–H groups in total. The largest absolute Gasteiger partial charge is 0.454 e. The van der Waals surface area contributed by atoms with E-state index in [4.69, 9.17) is 0 Å². The van der Waals surface area contributed by atoms with Crippen LogP contribution in [0.5, 0.6) is 0 Å². The third-order valence-corrected chi connectivity index (χ3v) is 6.63. The van der Waals surface area contributed by atoms with Gasteiger partial charge in [0.1, 0.15) is 0 Å². The fourth-order valence-electron chi connectivity index (χ4n) is 2.88. The van der Waals surface area contributed by atoms with Crippen LogP contribution in [0.1, 0.15) is 20.8 Å². The molecule has 162 valence electrons. The third kappa shape index (κ3) is 6.80. The van der Waals surface area contributed by atoms with E-state index in [0.717, 1.165) is 15.9 Å². The van der Waals surface area contributed by atoms with Crippen molar-refractivity contribution in [2.75, 3.05) is 5.32 Å². The van der Waals surface area contributed by atoms with E-state index in [2.05, 4.69) is 5.32 Å². The highest BCUT2D eigenvalue weighted by Gasteiger charge is 2.36. The maximum Gasteiger partial charge on any atom is 0.454 e. The number of carbonyl (C=O) groups is 1. The predicted octanol–water partition coefficient (Wildman–Crippen LogP) is 5.92. The molecule has 0 spiro atoms. The first-order valence-corrected chi connectivity index (χ1v) is 11.3. The molecule has 0 heterocycles. The van der Waals surface area contributed by atoms with Gasteiger partial charge < -0.3 is 5.32 Å². The van der Waals surface area contributed by atoms with Crippen LogP contribution in [-0.4, -0.2) is 12.0 Å². The van der Waals surface area contributed by atoms with E-state index in [9.17, 15) is 18.0 Å². The summed E-state index contributed by atoms with van der Waals surface area (Å²) in [6.45, 7) is 5.45. The number of allylic oxidation sites excluding steroid dienone is 2. The molecule has 0 amide bonds. The van der Waals surface area contributed by atoms with Gasteiger partial charge in [0.05, 0.1) is 0 Å². The Morgan fingerprint density at radius 1 is 0.806 bits per heavy atom. The fourth-order valence-corrected chi connectivity index (χ4v) is 5.28. The van der Waals surface area contributed by atoms with Crippen molar-refractivity contribution in [3.05, 3.63) is 96.7 Å². The molecule has 0 aliphatic heterocycles. The molecule has 6 heteroatoms. The fraction of sp³-hybridized carbons (Fsp3) is 0.160. The molecule has 0 aliphatic carbocycles. The van der Waals surface area contributed by atoms with Gasteiger partial charge in [-0.3, -0.25) is 4.79 Å². The van der Waals surface area contributed by atoms with Gasteiger partial charge in [-0.05, 0) is 31.5 Å². The van der Waals surface area contributed by atoms with Crippen LogP contribution in [0.2, 0.25) is 0 Å². The number of para-hydroxylation sites is 1. The highest BCUT2D eigenvalue weighted by atomic mass is 31.1. The molecule has 0 aromatic heterocycles. The summed E-state index contributed by atoms with van der Waals surface area (Å²) in [5, 5.41) is 6.20. The minimum Gasteiger partial charge on any atom is -0.358 e. The third-order valence-electron chi connectivity index (χ3n) is 4.13. The van der Waals surface area contributed by atoms with E-state index in [-0.39, 0.29) is 5.70 Å². The molecule has 3 aromatic carbocycles. The van der Waals surface area contributed by atoms with Gasteiger partial charge in [0, 0.05) is 22.8 Å². The molecule has 0 unspecified atom stereocenters. The Kier molecular flexibility index (Phi) is 9.02. The Morgan fingerprint density at radius 2 is 1.26 bits per heavy atom. The van der Waals surface area contributed by atoms with Crippen LogP contribution in [0.4, 0.5) is 18.9 Å². The zero-order chi connectivity index (χ0) is 22.9. The van der Waals surface area contributed by atoms with Crippen LogP contribution >= 0.6 is 7.92 Å². The number of rotatable bonds is 6. The van der Waals surface area contributed by atoms with Crippen molar-refractivity contribution >= 4 is 35.3 Å². The van der Waals surface area contributed by atoms with Crippen molar-refractivity contribution in [1.29, 1.82) is 0 Å². The lowest BCUT2D eigenvalue weighted by atomic mass is 10.2. The highest BCUT2D eigenvalue weighted by molar-refractivity contribution is 7.80. The average Bonchev–Trinajstić information content (AvgIpc) is 2.77. The van der Waals surface area contributed by atoms with Gasteiger partial charge in [-0.1, -0.05) is 92.7 Å². The van der Waals surface area contributed by atoms with E-state index < -0.39 is 19.9 Å². The lowest BCUT2D eigenvalue weighted by Gasteiger charge is -2.23. The smallest absolute Gasteiger partial charge is 0.358 e. The number of alkyl halides is 3. The number of hydrogen-bond acceptors (Lipinski definition) is 2. The maximum absolute atomic E-state index is 12.6. The summed E-state index contributed by atoms with van der Waals surface area (Å²) in [6, 6.07) is 27.5. The second-order valence-corrected chi connectivity index (χ2v) is 8.52. The number of halogens is 3. The molecular formula is C25H25F3NOP. The van der Waals surface area contributed by atoms with Gasteiger partial charge in [0.25, 0.3) is 5.78 Å². The van der Waals surface area contributed by atoms with E-state index in [1.807, 2.05) is 98.8 Å². The average molecular weight is 443 g/mol. The van der Waals surface area contributed by atoms with E-state index in [1.165, 1.54) is 6.92 Å². The molecule has 0 radical (unpaired) electrons. The minimum atomic E-state index is -4.89. The standard InChI is InChI=1S/C23H19F3NOP.C2H6/c1-17(16-22(28)23(24,25)26)27-20-14-8-9-15-21(20)29(18-10-4-2-5-11-18)19-12-6-3-7-13-19;1-2/h2-16,27H,1H3;1-2H3/b17-16-;. The van der Waals surface area contributed by atoms with Crippen molar-refractivity contribution in [3.63, 3.8) is 0 Å². The lowest BCUT2D eigenvalue weighted by Crippen LogP contribution is -2.24. The Bertz CT molecular complexity index is 963. The molecule has 0 fully saturated rings. The zero-order valence-electron chi connectivity index (χ0n) is 17.6. The minimum absolute atomic E-state index is 0.135. The van der Waals surface area contributed by atoms with Crippen molar-refractivity contribution < 1.29 is 18.0 Å². The van der Waals surface area contributed by atoms with Crippen LogP contribution < -0.4 is 21.2 Å². The SMILES string of the molecule is C/C(=C/C(=O)C(F)(F)F)Nc1ccccc1P(c1ccccc1)c1ccccc1.CC. The molecule has 31 heavy (non-hydrogen) atoms. The first kappa shape index (κ1) is 24.4. The maximum atomic E-state index is 12.6. The van der Waals surface area contributed by atoms with Crippen LogP contribution in [0.3, 0.4) is 0 Å². The van der Waals surface area contributed by atoms with E-state index >= 15 is 0 Å². The molecule has 0 atom stereocenters. The van der Waals surface area contributed by atoms with Gasteiger partial charge in [0.15, 0.2) is 0 Å². The van der Waals surface area contributed by atoms with E-state index in [1.54, 1.807) is 0 Å². The van der Waals surface area contributed by atoms with Crippen molar-refractivity contribution in [2.24, 2.45) is 0 Å². The number of anilines is 1. The van der Waals surface area contributed by atoms with Crippen molar-refractivity contribution in [3.8, 4) is 0 Å². The molecule has 0 bridgehead atoms. The van der Waals surface area contributed by atoms with Crippen LogP contribution in [-0.2, 0) is 4.79 Å². The number of carbonyl (C=O) groups excluding carboxylic acids is 1. The molecule has 0 saturated carbocycles. The highest BCUT2D eigenvalue weighted by Crippen LogP contribution is 2.35. The van der Waals surface area contributed by atoms with Gasteiger partial charge >= 0.3 is 6.18 Å². The molecule has 3 rings (SSSR count). The topological polar surface area (TPSA) is 29.1 Å². The lowest BCUT2D eigenvalue weighted by molar-refractivity contribution is -0.165. The Hall–Kier alpha value is -2.91. The molecule has 2 nitrogen and oxygen atoms in total. The predicted molar refractivity (Wildman–Crippen MR) is 125 cm³/mol. The molecule has 3 aromatic rings. The summed E-state index contributed by atoms with van der Waals surface area (Å²) in [5.41, 5.74) is 0.811. The number of nitrogens with one attached hydrogen (secondary N) is 1. The van der Waals surface area contributed by atoms with Crippen molar-refractivity contribution in [1.82, 2.24) is 0 Å². The Morgan fingerprint density at radius 3 is 1.74 bits per heavy atom. The quantitative estimate of drug-likeness (QED) is 0.379. The summed E-state index contributed by atoms with van der Waals surface area (Å²) in [5.74, 6) is -1.88. The Labute approximate surface area is 182 Å². The number of ketones is 1. The Balaban J connectivity index is 0.00000166. The normalized spacial score (nSPS) is 11.5. The van der Waals surface area contributed by atoms with E-state index in [0.29, 0.717) is 11.8 Å². The number of benzene rings is 3. The van der Waals surface area contributed by atoms with Gasteiger partial charge in [-0.2, -0.15) is 13.2 Å².